The Labute approximate surface area is 224 Å². The monoisotopic (exact) mass is 543 g/mol. The Kier molecular flexibility index (Phi) is 11.5. The Morgan fingerprint density at radius 3 is 2.35 bits per heavy atom. The van der Waals surface area contributed by atoms with Gasteiger partial charge >= 0.3 is 8.80 Å². The fourth-order valence-electron chi connectivity index (χ4n) is 3.76. The number of hydrogen-bond acceptors (Lipinski definition) is 7. The second-order valence-electron chi connectivity index (χ2n) is 8.09. The van der Waals surface area contributed by atoms with Gasteiger partial charge in [-0.1, -0.05) is 47.2 Å². The molecule has 0 aliphatic carbocycles. The highest BCUT2D eigenvalue weighted by Gasteiger charge is 2.39. The molecule has 2 aromatic carbocycles. The molecule has 1 heterocycles. The van der Waals surface area contributed by atoms with Crippen molar-refractivity contribution in [3.63, 3.8) is 0 Å². The van der Waals surface area contributed by atoms with Gasteiger partial charge in [0.25, 0.3) is 0 Å². The average molecular weight is 544 g/mol. The van der Waals surface area contributed by atoms with Crippen LogP contribution in [0.25, 0.3) is 6.08 Å². The lowest BCUT2D eigenvalue weighted by atomic mass is 10.1. The summed E-state index contributed by atoms with van der Waals surface area (Å²) < 4.78 is 25.4. The molecule has 0 N–H and O–H groups in total. The predicted molar refractivity (Wildman–Crippen MR) is 146 cm³/mol. The number of hydrogen-bond donors (Lipinski definition) is 0. The van der Waals surface area contributed by atoms with Crippen LogP contribution in [0, 0.1) is 0 Å². The minimum Gasteiger partial charge on any atom is -0.486 e. The van der Waals surface area contributed by atoms with Crippen LogP contribution in [0.2, 0.25) is 11.1 Å². The lowest BCUT2D eigenvalue weighted by molar-refractivity contribution is 0.0704. The third kappa shape index (κ3) is 8.91. The number of allylic oxidation sites excluding steroid dienone is 1. The Bertz CT molecular complexity index is 1140. The van der Waals surface area contributed by atoms with E-state index in [2.05, 4.69) is 10.3 Å². The summed E-state index contributed by atoms with van der Waals surface area (Å²) in [6, 6.07) is 15.1. The van der Waals surface area contributed by atoms with Crippen LogP contribution in [-0.4, -0.2) is 49.4 Å². The number of para-hydroxylation sites is 1. The molecular weight excluding hydrogens is 510 g/mol. The highest BCUT2D eigenvalue weighted by atomic mass is 35.5. The van der Waals surface area contributed by atoms with E-state index in [0.717, 1.165) is 12.0 Å². The molecule has 3 aromatic rings. The Morgan fingerprint density at radius 2 is 1.68 bits per heavy atom. The first kappa shape index (κ1) is 28.7. The first-order valence-electron chi connectivity index (χ1n) is 12.5. The number of halogens is 1. The topological polar surface area (TPSA) is 84.7 Å². The van der Waals surface area contributed by atoms with E-state index in [1.807, 2.05) is 51.2 Å². The number of benzene rings is 2. The molecule has 37 heavy (non-hydrogen) atoms. The summed E-state index contributed by atoms with van der Waals surface area (Å²) in [5, 5.41) is 9.06. The SMILES string of the molecule is CCO[Si](CCCn1cc(COc2ccccc2C(=O)/C=C/c2ccc(Cl)cc2)nn1)(OCC)OCC. The van der Waals surface area contributed by atoms with E-state index in [9.17, 15) is 4.79 Å². The van der Waals surface area contributed by atoms with Gasteiger partial charge in [0.05, 0.1) is 11.8 Å². The van der Waals surface area contributed by atoms with Crippen molar-refractivity contribution in [3.8, 4) is 5.75 Å². The van der Waals surface area contributed by atoms with Crippen molar-refractivity contribution in [2.75, 3.05) is 19.8 Å². The summed E-state index contributed by atoms with van der Waals surface area (Å²) in [6.07, 6.45) is 5.91. The van der Waals surface area contributed by atoms with Crippen LogP contribution in [0.15, 0.2) is 60.8 Å². The smallest absolute Gasteiger partial charge is 0.486 e. The molecule has 8 nitrogen and oxygen atoms in total. The van der Waals surface area contributed by atoms with Gasteiger partial charge in [-0.05, 0) is 63.1 Å². The first-order chi connectivity index (χ1) is 18.0. The minimum atomic E-state index is -2.68. The molecule has 0 bridgehead atoms. The number of aromatic nitrogens is 3. The number of aryl methyl sites for hydroxylation is 1. The predicted octanol–water partition coefficient (Wildman–Crippen LogP) is 5.85. The van der Waals surface area contributed by atoms with Gasteiger partial charge in [-0.3, -0.25) is 9.48 Å². The zero-order chi connectivity index (χ0) is 26.5. The molecule has 0 saturated carbocycles. The minimum absolute atomic E-state index is 0.153. The highest BCUT2D eigenvalue weighted by molar-refractivity contribution is 6.60. The number of carbonyl (C=O) groups is 1. The van der Waals surface area contributed by atoms with Crippen molar-refractivity contribution in [3.05, 3.63) is 82.6 Å². The van der Waals surface area contributed by atoms with Crippen LogP contribution in [0.5, 0.6) is 5.75 Å². The number of nitrogens with zero attached hydrogens (tertiary/aromatic N) is 3. The molecule has 1 aromatic heterocycles. The van der Waals surface area contributed by atoms with Crippen LogP contribution in [0.1, 0.15) is 48.8 Å². The number of ketones is 1. The van der Waals surface area contributed by atoms with Crippen LogP contribution >= 0.6 is 11.6 Å². The number of ether oxygens (including phenoxy) is 1. The fraction of sp³-hybridized carbons (Fsp3) is 0.370. The van der Waals surface area contributed by atoms with Gasteiger partial charge in [-0.15, -0.1) is 5.10 Å². The van der Waals surface area contributed by atoms with Crippen molar-refractivity contribution in [2.24, 2.45) is 0 Å². The van der Waals surface area contributed by atoms with E-state index in [1.165, 1.54) is 6.08 Å². The van der Waals surface area contributed by atoms with Crippen LogP contribution in [0.4, 0.5) is 0 Å². The summed E-state index contributed by atoms with van der Waals surface area (Å²) in [6.45, 7) is 8.36. The molecule has 0 aliphatic heterocycles. The van der Waals surface area contributed by atoms with Gasteiger partial charge in [0, 0.05) is 37.4 Å². The molecule has 0 unspecified atom stereocenters. The van der Waals surface area contributed by atoms with E-state index >= 15 is 0 Å². The molecule has 0 aliphatic rings. The van der Waals surface area contributed by atoms with Gasteiger partial charge < -0.3 is 18.0 Å². The zero-order valence-corrected chi connectivity index (χ0v) is 23.3. The Hall–Kier alpha value is -2.82. The molecule has 0 saturated heterocycles. The Morgan fingerprint density at radius 1 is 1.00 bits per heavy atom. The van der Waals surface area contributed by atoms with E-state index in [0.29, 0.717) is 54.4 Å². The van der Waals surface area contributed by atoms with E-state index < -0.39 is 8.80 Å². The van der Waals surface area contributed by atoms with Crippen LogP contribution in [0.3, 0.4) is 0 Å². The summed E-state index contributed by atoms with van der Waals surface area (Å²) in [4.78, 5) is 12.8. The van der Waals surface area contributed by atoms with Gasteiger partial charge in [0.2, 0.25) is 0 Å². The molecule has 10 heteroatoms. The average Bonchev–Trinajstić information content (AvgIpc) is 3.35. The summed E-state index contributed by atoms with van der Waals surface area (Å²) >= 11 is 5.92. The standard InChI is InChI=1S/C27H34ClN3O5Si/c1-4-34-37(35-5-2,36-6-3)19-9-18-31-20-24(29-30-31)21-33-27-11-8-7-10-25(27)26(32)17-14-22-12-15-23(28)16-13-22/h7-8,10-17,20H,4-6,9,18-19,21H2,1-3H3/b17-14+. The maximum absolute atomic E-state index is 12.8. The molecule has 0 radical (unpaired) electrons. The van der Waals surface area contributed by atoms with Gasteiger partial charge in [-0.2, -0.15) is 0 Å². The zero-order valence-electron chi connectivity index (χ0n) is 21.6. The van der Waals surface area contributed by atoms with Crippen molar-refractivity contribution in [1.29, 1.82) is 0 Å². The van der Waals surface area contributed by atoms with E-state index in [1.54, 1.807) is 35.0 Å². The van der Waals surface area contributed by atoms with E-state index in [-0.39, 0.29) is 12.4 Å². The summed E-state index contributed by atoms with van der Waals surface area (Å²) in [5.41, 5.74) is 2.03. The van der Waals surface area contributed by atoms with Gasteiger partial charge in [0.15, 0.2) is 5.78 Å². The fourth-order valence-corrected chi connectivity index (χ4v) is 6.48. The molecule has 0 spiro atoms. The van der Waals surface area contributed by atoms with E-state index in [4.69, 9.17) is 29.6 Å². The first-order valence-corrected chi connectivity index (χ1v) is 14.8. The van der Waals surface area contributed by atoms with Crippen LogP contribution < -0.4 is 4.74 Å². The van der Waals surface area contributed by atoms with Gasteiger partial charge in [0.1, 0.15) is 18.1 Å². The van der Waals surface area contributed by atoms with Crippen molar-refractivity contribution >= 4 is 32.3 Å². The lowest BCUT2D eigenvalue weighted by Crippen LogP contribution is -2.46. The summed E-state index contributed by atoms with van der Waals surface area (Å²) in [5.74, 6) is 0.337. The molecule has 198 valence electrons. The normalized spacial score (nSPS) is 11.8. The second-order valence-corrected chi connectivity index (χ2v) is 11.3. The largest absolute Gasteiger partial charge is 0.500 e. The van der Waals surface area contributed by atoms with Crippen molar-refractivity contribution < 1.29 is 22.8 Å². The number of carbonyl (C=O) groups excluding carboxylic acids is 1. The quantitative estimate of drug-likeness (QED) is 0.127. The van der Waals surface area contributed by atoms with Crippen molar-refractivity contribution in [2.45, 2.75) is 46.4 Å². The third-order valence-electron chi connectivity index (χ3n) is 5.37. The maximum Gasteiger partial charge on any atom is 0.500 e. The highest BCUT2D eigenvalue weighted by Crippen LogP contribution is 2.22. The Balaban J connectivity index is 1.56. The number of rotatable bonds is 16. The molecular formula is C27H34ClN3O5Si. The second kappa shape index (κ2) is 14.8. The maximum atomic E-state index is 12.8. The molecule has 3 rings (SSSR count). The summed E-state index contributed by atoms with van der Waals surface area (Å²) in [7, 11) is -2.68. The van der Waals surface area contributed by atoms with Crippen LogP contribution in [-0.2, 0) is 26.4 Å². The van der Waals surface area contributed by atoms with Crippen molar-refractivity contribution in [1.82, 2.24) is 15.0 Å². The third-order valence-corrected chi connectivity index (χ3v) is 8.78. The lowest BCUT2D eigenvalue weighted by Gasteiger charge is -2.28. The molecule has 0 fully saturated rings. The molecule has 0 atom stereocenters. The molecule has 0 amide bonds. The van der Waals surface area contributed by atoms with Gasteiger partial charge in [-0.25, -0.2) is 0 Å².